The van der Waals surface area contributed by atoms with Gasteiger partial charge in [0.25, 0.3) is 0 Å². The van der Waals surface area contributed by atoms with Crippen LogP contribution in [0.1, 0.15) is 16.7 Å². The van der Waals surface area contributed by atoms with E-state index in [1.807, 2.05) is 55.5 Å². The van der Waals surface area contributed by atoms with Crippen LogP contribution >= 0.6 is 0 Å². The molecule has 0 amide bonds. The van der Waals surface area contributed by atoms with E-state index >= 15 is 0 Å². The fourth-order valence-electron chi connectivity index (χ4n) is 2.43. The maximum Gasteiger partial charge on any atom is 0.121 e. The first-order valence-corrected chi connectivity index (χ1v) is 7.40. The molecule has 0 radical (unpaired) electrons. The van der Waals surface area contributed by atoms with Crippen LogP contribution in [0.4, 0.5) is 0 Å². The summed E-state index contributed by atoms with van der Waals surface area (Å²) >= 11 is 0. The minimum atomic E-state index is 0.483. The number of nitriles is 1. The molecule has 0 spiro atoms. The molecular formula is C20H16N2O. The van der Waals surface area contributed by atoms with E-state index < -0.39 is 0 Å². The SMILES string of the molecule is Cc1ccncc1-c1ccc(OCc2ccccc2)cc1C#N. The number of aryl methyl sites for hydroxylation is 1. The van der Waals surface area contributed by atoms with E-state index in [0.717, 1.165) is 22.3 Å². The number of aromatic nitrogens is 1. The molecule has 112 valence electrons. The third kappa shape index (κ3) is 3.38. The van der Waals surface area contributed by atoms with Crippen LogP contribution in [0, 0.1) is 18.3 Å². The Morgan fingerprint density at radius 3 is 2.61 bits per heavy atom. The molecule has 0 aliphatic carbocycles. The number of ether oxygens (including phenoxy) is 1. The molecule has 1 heterocycles. The Hall–Kier alpha value is -3.12. The van der Waals surface area contributed by atoms with Crippen LogP contribution in [-0.2, 0) is 6.61 Å². The standard InChI is InChI=1S/C20H16N2O/c1-15-9-10-22-13-20(15)19-8-7-18(11-17(19)12-21)23-14-16-5-3-2-4-6-16/h2-11,13H,14H2,1H3. The zero-order valence-electron chi connectivity index (χ0n) is 12.9. The van der Waals surface area contributed by atoms with Crippen molar-refractivity contribution in [2.45, 2.75) is 13.5 Å². The van der Waals surface area contributed by atoms with Gasteiger partial charge in [-0.2, -0.15) is 5.26 Å². The summed E-state index contributed by atoms with van der Waals surface area (Å²) in [7, 11) is 0. The summed E-state index contributed by atoms with van der Waals surface area (Å²) in [6.45, 7) is 2.49. The van der Waals surface area contributed by atoms with Gasteiger partial charge >= 0.3 is 0 Å². The van der Waals surface area contributed by atoms with Crippen LogP contribution in [0.3, 0.4) is 0 Å². The average molecular weight is 300 g/mol. The van der Waals surface area contributed by atoms with Crippen LogP contribution in [0.5, 0.6) is 5.75 Å². The fourth-order valence-corrected chi connectivity index (χ4v) is 2.43. The first-order valence-electron chi connectivity index (χ1n) is 7.40. The lowest BCUT2D eigenvalue weighted by Gasteiger charge is -2.10. The Balaban J connectivity index is 1.86. The normalized spacial score (nSPS) is 10.1. The summed E-state index contributed by atoms with van der Waals surface area (Å²) < 4.78 is 5.79. The van der Waals surface area contributed by atoms with E-state index in [1.165, 1.54) is 0 Å². The first-order chi connectivity index (χ1) is 11.3. The van der Waals surface area contributed by atoms with Gasteiger partial charge in [0, 0.05) is 23.5 Å². The van der Waals surface area contributed by atoms with E-state index in [4.69, 9.17) is 4.74 Å². The van der Waals surface area contributed by atoms with Gasteiger partial charge in [-0.25, -0.2) is 0 Å². The van der Waals surface area contributed by atoms with Crippen molar-refractivity contribution >= 4 is 0 Å². The van der Waals surface area contributed by atoms with Gasteiger partial charge in [0.05, 0.1) is 11.6 Å². The molecular weight excluding hydrogens is 284 g/mol. The molecule has 0 aliphatic heterocycles. The highest BCUT2D eigenvalue weighted by molar-refractivity contribution is 5.73. The molecule has 3 aromatic rings. The molecule has 0 aliphatic rings. The molecule has 2 aromatic carbocycles. The van der Waals surface area contributed by atoms with Gasteiger partial charge in [0.1, 0.15) is 12.4 Å². The lowest BCUT2D eigenvalue weighted by molar-refractivity contribution is 0.306. The second-order valence-electron chi connectivity index (χ2n) is 5.28. The largest absolute Gasteiger partial charge is 0.489 e. The van der Waals surface area contributed by atoms with Gasteiger partial charge in [-0.3, -0.25) is 4.98 Å². The van der Waals surface area contributed by atoms with Gasteiger partial charge in [-0.1, -0.05) is 30.3 Å². The molecule has 3 heteroatoms. The predicted molar refractivity (Wildman–Crippen MR) is 89.9 cm³/mol. The van der Waals surface area contributed by atoms with Crippen LogP contribution in [-0.4, -0.2) is 4.98 Å². The number of nitrogens with zero attached hydrogens (tertiary/aromatic N) is 2. The Bertz CT molecular complexity index is 851. The summed E-state index contributed by atoms with van der Waals surface area (Å²) in [5.74, 6) is 0.690. The van der Waals surface area contributed by atoms with E-state index in [1.54, 1.807) is 18.5 Å². The van der Waals surface area contributed by atoms with Gasteiger partial charge in [-0.05, 0) is 42.3 Å². The summed E-state index contributed by atoms with van der Waals surface area (Å²) in [6, 6.07) is 19.7. The van der Waals surface area contributed by atoms with Crippen molar-refractivity contribution in [1.29, 1.82) is 5.26 Å². The van der Waals surface area contributed by atoms with Crippen molar-refractivity contribution in [3.63, 3.8) is 0 Å². The second-order valence-corrected chi connectivity index (χ2v) is 5.28. The maximum absolute atomic E-state index is 9.45. The van der Waals surface area contributed by atoms with Gasteiger partial charge < -0.3 is 4.74 Å². The summed E-state index contributed by atoms with van der Waals surface area (Å²) in [5.41, 5.74) is 4.63. The summed E-state index contributed by atoms with van der Waals surface area (Å²) in [4.78, 5) is 4.16. The predicted octanol–water partition coefficient (Wildman–Crippen LogP) is 4.51. The van der Waals surface area contributed by atoms with Crippen molar-refractivity contribution in [2.75, 3.05) is 0 Å². The summed E-state index contributed by atoms with van der Waals surface area (Å²) in [5, 5.41) is 9.45. The molecule has 0 N–H and O–H groups in total. The number of pyridine rings is 1. The van der Waals surface area contributed by atoms with Crippen molar-refractivity contribution in [3.05, 3.63) is 83.7 Å². The average Bonchev–Trinajstić information content (AvgIpc) is 2.61. The van der Waals surface area contributed by atoms with Gasteiger partial charge in [0.15, 0.2) is 0 Å². The van der Waals surface area contributed by atoms with Crippen LogP contribution in [0.15, 0.2) is 67.0 Å². The first kappa shape index (κ1) is 14.8. The van der Waals surface area contributed by atoms with E-state index in [9.17, 15) is 5.26 Å². The topological polar surface area (TPSA) is 45.9 Å². The number of hydrogen-bond donors (Lipinski definition) is 0. The van der Waals surface area contributed by atoms with Gasteiger partial charge in [0.2, 0.25) is 0 Å². The lowest BCUT2D eigenvalue weighted by Crippen LogP contribution is -1.96. The Morgan fingerprint density at radius 1 is 1.04 bits per heavy atom. The molecule has 0 atom stereocenters. The van der Waals surface area contributed by atoms with Crippen molar-refractivity contribution in [3.8, 4) is 22.9 Å². The van der Waals surface area contributed by atoms with Crippen molar-refractivity contribution in [1.82, 2.24) is 4.98 Å². The molecule has 0 saturated heterocycles. The highest BCUT2D eigenvalue weighted by Gasteiger charge is 2.09. The molecule has 3 rings (SSSR count). The Labute approximate surface area is 135 Å². The molecule has 0 bridgehead atoms. The lowest BCUT2D eigenvalue weighted by atomic mass is 9.98. The van der Waals surface area contributed by atoms with E-state index in [0.29, 0.717) is 17.9 Å². The Morgan fingerprint density at radius 2 is 1.87 bits per heavy atom. The van der Waals surface area contributed by atoms with Crippen LogP contribution in [0.25, 0.3) is 11.1 Å². The number of rotatable bonds is 4. The van der Waals surface area contributed by atoms with Crippen LogP contribution in [0.2, 0.25) is 0 Å². The zero-order valence-corrected chi connectivity index (χ0v) is 12.9. The highest BCUT2D eigenvalue weighted by Crippen LogP contribution is 2.29. The molecule has 1 aromatic heterocycles. The zero-order chi connectivity index (χ0) is 16.1. The van der Waals surface area contributed by atoms with Crippen LogP contribution < -0.4 is 4.74 Å². The third-order valence-corrected chi connectivity index (χ3v) is 3.69. The highest BCUT2D eigenvalue weighted by atomic mass is 16.5. The Kier molecular flexibility index (Phi) is 4.35. The molecule has 3 nitrogen and oxygen atoms in total. The minimum Gasteiger partial charge on any atom is -0.489 e. The van der Waals surface area contributed by atoms with E-state index in [-0.39, 0.29) is 0 Å². The molecule has 23 heavy (non-hydrogen) atoms. The number of benzene rings is 2. The molecule has 0 unspecified atom stereocenters. The van der Waals surface area contributed by atoms with Crippen molar-refractivity contribution < 1.29 is 4.74 Å². The monoisotopic (exact) mass is 300 g/mol. The minimum absolute atomic E-state index is 0.483. The maximum atomic E-state index is 9.45. The molecule has 0 fully saturated rings. The smallest absolute Gasteiger partial charge is 0.121 e. The van der Waals surface area contributed by atoms with E-state index in [2.05, 4.69) is 11.1 Å². The second kappa shape index (κ2) is 6.76. The fraction of sp³-hybridized carbons (Fsp3) is 0.100. The number of hydrogen-bond acceptors (Lipinski definition) is 3. The quantitative estimate of drug-likeness (QED) is 0.712. The summed E-state index contributed by atoms with van der Waals surface area (Å²) in [6.07, 6.45) is 3.54. The van der Waals surface area contributed by atoms with Crippen molar-refractivity contribution in [2.24, 2.45) is 0 Å². The third-order valence-electron chi connectivity index (χ3n) is 3.69. The molecule has 0 saturated carbocycles. The van der Waals surface area contributed by atoms with Gasteiger partial charge in [-0.15, -0.1) is 0 Å².